The van der Waals surface area contributed by atoms with E-state index in [-0.39, 0.29) is 10.8 Å². The SMILES string of the molecule is O=C(CCCc1ccccc1)Nc1ccc(S(=O)(=O)N2CCOCC2)cc1. The van der Waals surface area contributed by atoms with Crippen molar-refractivity contribution in [2.75, 3.05) is 31.6 Å². The Bertz CT molecular complexity index is 845. The number of carbonyl (C=O) groups is 1. The first-order valence-corrected chi connectivity index (χ1v) is 10.5. The molecule has 3 rings (SSSR count). The first-order chi connectivity index (χ1) is 13.1. The van der Waals surface area contributed by atoms with Crippen LogP contribution >= 0.6 is 0 Å². The zero-order valence-corrected chi connectivity index (χ0v) is 16.0. The molecule has 1 fully saturated rings. The van der Waals surface area contributed by atoms with Crippen molar-refractivity contribution in [3.8, 4) is 0 Å². The number of hydrogen-bond donors (Lipinski definition) is 1. The number of anilines is 1. The number of aryl methyl sites for hydroxylation is 1. The number of nitrogens with one attached hydrogen (secondary N) is 1. The number of benzene rings is 2. The van der Waals surface area contributed by atoms with Gasteiger partial charge in [0.05, 0.1) is 18.1 Å². The lowest BCUT2D eigenvalue weighted by Gasteiger charge is -2.26. The predicted molar refractivity (Wildman–Crippen MR) is 104 cm³/mol. The average Bonchev–Trinajstić information content (AvgIpc) is 2.70. The fourth-order valence-corrected chi connectivity index (χ4v) is 4.38. The van der Waals surface area contributed by atoms with Crippen molar-refractivity contribution >= 4 is 21.6 Å². The maximum atomic E-state index is 12.6. The summed E-state index contributed by atoms with van der Waals surface area (Å²) < 4.78 is 31.8. The third-order valence-electron chi connectivity index (χ3n) is 4.46. The Morgan fingerprint density at radius 2 is 1.67 bits per heavy atom. The molecule has 0 atom stereocenters. The predicted octanol–water partition coefficient (Wildman–Crippen LogP) is 2.67. The molecular weight excluding hydrogens is 364 g/mol. The maximum Gasteiger partial charge on any atom is 0.243 e. The summed E-state index contributed by atoms with van der Waals surface area (Å²) in [6.45, 7) is 1.55. The maximum absolute atomic E-state index is 12.6. The Hall–Kier alpha value is -2.22. The van der Waals surface area contributed by atoms with Crippen LogP contribution < -0.4 is 5.32 Å². The lowest BCUT2D eigenvalue weighted by atomic mass is 10.1. The van der Waals surface area contributed by atoms with Crippen molar-refractivity contribution in [3.63, 3.8) is 0 Å². The van der Waals surface area contributed by atoms with E-state index in [2.05, 4.69) is 5.32 Å². The lowest BCUT2D eigenvalue weighted by Crippen LogP contribution is -2.40. The zero-order valence-electron chi connectivity index (χ0n) is 15.1. The highest BCUT2D eigenvalue weighted by molar-refractivity contribution is 7.89. The largest absolute Gasteiger partial charge is 0.379 e. The van der Waals surface area contributed by atoms with E-state index in [0.717, 1.165) is 12.8 Å². The van der Waals surface area contributed by atoms with Gasteiger partial charge in [0, 0.05) is 25.2 Å². The number of sulfonamides is 1. The van der Waals surface area contributed by atoms with Crippen LogP contribution in [0.25, 0.3) is 0 Å². The third-order valence-corrected chi connectivity index (χ3v) is 6.37. The van der Waals surface area contributed by atoms with Crippen LogP contribution in [0.15, 0.2) is 59.5 Å². The molecule has 0 aliphatic carbocycles. The molecule has 0 unspecified atom stereocenters. The summed E-state index contributed by atoms with van der Waals surface area (Å²) in [5.41, 5.74) is 1.81. The van der Waals surface area contributed by atoms with E-state index in [4.69, 9.17) is 4.74 Å². The van der Waals surface area contributed by atoms with Crippen LogP contribution in [0.5, 0.6) is 0 Å². The quantitative estimate of drug-likeness (QED) is 0.791. The van der Waals surface area contributed by atoms with Gasteiger partial charge in [0.15, 0.2) is 0 Å². The molecule has 0 saturated carbocycles. The Labute approximate surface area is 160 Å². The number of hydrogen-bond acceptors (Lipinski definition) is 4. The number of morpholine rings is 1. The van der Waals surface area contributed by atoms with Gasteiger partial charge >= 0.3 is 0 Å². The molecule has 1 amide bonds. The second kappa shape index (κ2) is 9.12. The van der Waals surface area contributed by atoms with Gasteiger partial charge in [-0.3, -0.25) is 4.79 Å². The Morgan fingerprint density at radius 3 is 2.33 bits per heavy atom. The summed E-state index contributed by atoms with van der Waals surface area (Å²) in [5, 5.41) is 2.82. The number of nitrogens with zero attached hydrogens (tertiary/aromatic N) is 1. The van der Waals surface area contributed by atoms with Gasteiger partial charge < -0.3 is 10.1 Å². The standard InChI is InChI=1S/C20H24N2O4S/c23-20(8-4-7-17-5-2-1-3-6-17)21-18-9-11-19(12-10-18)27(24,25)22-13-15-26-16-14-22/h1-3,5-6,9-12H,4,7-8,13-16H2,(H,21,23). The topological polar surface area (TPSA) is 75.7 Å². The van der Waals surface area contributed by atoms with E-state index in [1.807, 2.05) is 30.3 Å². The molecule has 6 nitrogen and oxygen atoms in total. The van der Waals surface area contributed by atoms with Crippen LogP contribution in [0.2, 0.25) is 0 Å². The highest BCUT2D eigenvalue weighted by atomic mass is 32.2. The molecule has 0 spiro atoms. The Balaban J connectivity index is 1.51. The number of ether oxygens (including phenoxy) is 1. The Morgan fingerprint density at radius 1 is 1.00 bits per heavy atom. The molecule has 27 heavy (non-hydrogen) atoms. The molecule has 1 heterocycles. The molecular formula is C20H24N2O4S. The van der Waals surface area contributed by atoms with E-state index in [1.165, 1.54) is 22.0 Å². The van der Waals surface area contributed by atoms with Crippen LogP contribution in [0.1, 0.15) is 18.4 Å². The van der Waals surface area contributed by atoms with Gasteiger partial charge in [-0.2, -0.15) is 4.31 Å². The summed E-state index contributed by atoms with van der Waals surface area (Å²) in [7, 11) is -3.51. The minimum Gasteiger partial charge on any atom is -0.379 e. The third kappa shape index (κ3) is 5.38. The molecule has 0 radical (unpaired) electrons. The van der Waals surface area contributed by atoms with Crippen LogP contribution in [-0.4, -0.2) is 44.9 Å². The Kier molecular flexibility index (Phi) is 6.60. The van der Waals surface area contributed by atoms with Crippen molar-refractivity contribution in [2.24, 2.45) is 0 Å². The summed E-state index contributed by atoms with van der Waals surface area (Å²) >= 11 is 0. The fraction of sp³-hybridized carbons (Fsp3) is 0.350. The van der Waals surface area contributed by atoms with Gasteiger partial charge in [-0.25, -0.2) is 8.42 Å². The van der Waals surface area contributed by atoms with Gasteiger partial charge in [-0.1, -0.05) is 30.3 Å². The molecule has 0 bridgehead atoms. The molecule has 2 aromatic carbocycles. The average molecular weight is 388 g/mol. The van der Waals surface area contributed by atoms with Gasteiger partial charge in [0.1, 0.15) is 0 Å². The van der Waals surface area contributed by atoms with Crippen LogP contribution in [0.4, 0.5) is 5.69 Å². The van der Waals surface area contributed by atoms with Gasteiger partial charge in [0.2, 0.25) is 15.9 Å². The van der Waals surface area contributed by atoms with Gasteiger partial charge in [-0.05, 0) is 42.7 Å². The second-order valence-corrected chi connectivity index (χ2v) is 8.37. The molecule has 7 heteroatoms. The van der Waals surface area contributed by atoms with E-state index in [0.29, 0.717) is 38.4 Å². The van der Waals surface area contributed by atoms with E-state index in [9.17, 15) is 13.2 Å². The number of carbonyl (C=O) groups excluding carboxylic acids is 1. The number of amides is 1. The van der Waals surface area contributed by atoms with E-state index < -0.39 is 10.0 Å². The van der Waals surface area contributed by atoms with Crippen molar-refractivity contribution in [1.82, 2.24) is 4.31 Å². The first kappa shape index (κ1) is 19.5. The smallest absolute Gasteiger partial charge is 0.243 e. The highest BCUT2D eigenvalue weighted by Crippen LogP contribution is 2.19. The molecule has 144 valence electrons. The fourth-order valence-electron chi connectivity index (χ4n) is 2.97. The molecule has 0 aromatic heterocycles. The molecule has 1 saturated heterocycles. The van der Waals surface area contributed by atoms with Crippen LogP contribution in [-0.2, 0) is 26.0 Å². The summed E-state index contributed by atoms with van der Waals surface area (Å²) in [4.78, 5) is 12.3. The zero-order chi connectivity index (χ0) is 19.1. The lowest BCUT2D eigenvalue weighted by molar-refractivity contribution is -0.116. The molecule has 1 aliphatic rings. The van der Waals surface area contributed by atoms with E-state index in [1.54, 1.807) is 12.1 Å². The minimum atomic E-state index is -3.51. The van der Waals surface area contributed by atoms with E-state index >= 15 is 0 Å². The van der Waals surface area contributed by atoms with Crippen LogP contribution in [0.3, 0.4) is 0 Å². The summed E-state index contributed by atoms with van der Waals surface area (Å²) in [6, 6.07) is 16.4. The molecule has 2 aromatic rings. The summed E-state index contributed by atoms with van der Waals surface area (Å²) in [5.74, 6) is -0.0743. The second-order valence-electron chi connectivity index (χ2n) is 6.43. The van der Waals surface area contributed by atoms with Crippen molar-refractivity contribution < 1.29 is 17.9 Å². The van der Waals surface area contributed by atoms with Gasteiger partial charge in [0.25, 0.3) is 0 Å². The molecule has 1 aliphatic heterocycles. The van der Waals surface area contributed by atoms with Crippen molar-refractivity contribution in [1.29, 1.82) is 0 Å². The minimum absolute atomic E-state index is 0.0743. The highest BCUT2D eigenvalue weighted by Gasteiger charge is 2.26. The normalized spacial score (nSPS) is 15.4. The summed E-state index contributed by atoms with van der Waals surface area (Å²) in [6.07, 6.45) is 2.03. The van der Waals surface area contributed by atoms with Gasteiger partial charge in [-0.15, -0.1) is 0 Å². The van der Waals surface area contributed by atoms with Crippen molar-refractivity contribution in [2.45, 2.75) is 24.2 Å². The number of rotatable bonds is 7. The van der Waals surface area contributed by atoms with Crippen molar-refractivity contribution in [3.05, 3.63) is 60.2 Å². The van der Waals surface area contributed by atoms with Crippen LogP contribution in [0, 0.1) is 0 Å². The monoisotopic (exact) mass is 388 g/mol. The molecule has 1 N–H and O–H groups in total. The first-order valence-electron chi connectivity index (χ1n) is 9.07.